The van der Waals surface area contributed by atoms with E-state index in [-0.39, 0.29) is 5.01 Å². The van der Waals surface area contributed by atoms with E-state index in [1.54, 1.807) is 0 Å². The highest BCUT2D eigenvalue weighted by Gasteiger charge is 2.21. The zero-order chi connectivity index (χ0) is 8.31. The van der Waals surface area contributed by atoms with Crippen LogP contribution in [-0.2, 0) is 0 Å². The van der Waals surface area contributed by atoms with E-state index in [1.807, 2.05) is 0 Å². The zero-order valence-corrected chi connectivity index (χ0v) is 5.61. The van der Waals surface area contributed by atoms with Gasteiger partial charge in [0.25, 0.3) is 0 Å². The Morgan fingerprint density at radius 2 is 1.40 bits per heavy atom. The van der Waals surface area contributed by atoms with Gasteiger partial charge < -0.3 is 10.2 Å². The first-order chi connectivity index (χ1) is 4.46. The fourth-order valence-electron chi connectivity index (χ4n) is 0.424. The second-order valence-electron chi connectivity index (χ2n) is 1.72. The summed E-state index contributed by atoms with van der Waals surface area (Å²) in [6, 6.07) is 0. The second-order valence-corrected chi connectivity index (χ2v) is 1.72. The molecule has 0 aromatic heterocycles. The minimum Gasteiger partial charge on any atom is -0.464 e. The summed E-state index contributed by atoms with van der Waals surface area (Å²) < 4.78 is 0. The van der Waals surface area contributed by atoms with Gasteiger partial charge in [0, 0.05) is 14.1 Å². The molecule has 0 bridgehead atoms. The molecule has 0 unspecified atom stereocenters. The lowest BCUT2D eigenvalue weighted by Crippen LogP contribution is -2.44. The zero-order valence-electron chi connectivity index (χ0n) is 5.61. The maximum absolute atomic E-state index is 10.1. The molecule has 0 aliphatic heterocycles. The van der Waals surface area contributed by atoms with Crippen LogP contribution in [0.4, 0.5) is 9.59 Å². The van der Waals surface area contributed by atoms with Crippen molar-refractivity contribution in [3.63, 3.8) is 0 Å². The van der Waals surface area contributed by atoms with Crippen molar-refractivity contribution in [2.45, 2.75) is 0 Å². The molecule has 2 amide bonds. The van der Waals surface area contributed by atoms with Gasteiger partial charge in [0.1, 0.15) is 0 Å². The van der Waals surface area contributed by atoms with Gasteiger partial charge in [-0.15, -0.1) is 5.01 Å². The van der Waals surface area contributed by atoms with Crippen LogP contribution in [0.1, 0.15) is 0 Å². The number of hydrogen-bond acceptors (Lipinski definition) is 3. The Kier molecular flexibility index (Phi) is 2.63. The first-order valence-electron chi connectivity index (χ1n) is 2.40. The van der Waals surface area contributed by atoms with Crippen molar-refractivity contribution in [1.82, 2.24) is 10.0 Å². The maximum atomic E-state index is 10.1. The van der Waals surface area contributed by atoms with Crippen molar-refractivity contribution < 1.29 is 19.8 Å². The second kappa shape index (κ2) is 3.02. The molecule has 6 heteroatoms. The summed E-state index contributed by atoms with van der Waals surface area (Å²) in [6.07, 6.45) is -3.03. The van der Waals surface area contributed by atoms with Crippen LogP contribution in [0, 0.1) is 0 Å². The van der Waals surface area contributed by atoms with Gasteiger partial charge in [-0.25, -0.2) is 14.6 Å². The van der Waals surface area contributed by atoms with Crippen molar-refractivity contribution in [1.29, 1.82) is 0 Å². The highest BCUT2D eigenvalue weighted by molar-refractivity contribution is 5.84. The quantitative estimate of drug-likeness (QED) is 0.516. The Bertz CT molecular complexity index is 141. The number of imide groups is 1. The van der Waals surface area contributed by atoms with Gasteiger partial charge in [-0.3, -0.25) is 0 Å². The van der Waals surface area contributed by atoms with E-state index in [4.69, 9.17) is 10.2 Å². The molecular weight excluding hydrogens is 140 g/mol. The van der Waals surface area contributed by atoms with Crippen LogP contribution in [-0.4, -0.2) is 46.5 Å². The van der Waals surface area contributed by atoms with Crippen LogP contribution in [0.25, 0.3) is 0 Å². The number of nitrogens with zero attached hydrogens (tertiary/aromatic N) is 2. The van der Waals surface area contributed by atoms with Gasteiger partial charge in [0.05, 0.1) is 0 Å². The van der Waals surface area contributed by atoms with Crippen molar-refractivity contribution in [2.75, 3.05) is 14.1 Å². The molecule has 0 spiro atoms. The molecule has 0 atom stereocenters. The number of carbonyl (C=O) groups is 2. The number of rotatable bonds is 1. The molecular formula is C4H8N2O4. The predicted octanol–water partition coefficient (Wildman–Crippen LogP) is 0.121. The van der Waals surface area contributed by atoms with E-state index in [2.05, 4.69) is 0 Å². The Balaban J connectivity index is 4.27. The van der Waals surface area contributed by atoms with E-state index >= 15 is 0 Å². The van der Waals surface area contributed by atoms with E-state index < -0.39 is 12.2 Å². The average molecular weight is 148 g/mol. The van der Waals surface area contributed by atoms with Crippen molar-refractivity contribution in [3.8, 4) is 0 Å². The summed E-state index contributed by atoms with van der Waals surface area (Å²) in [5.41, 5.74) is 0. The molecule has 0 rings (SSSR count). The lowest BCUT2D eigenvalue weighted by Gasteiger charge is -2.19. The Morgan fingerprint density at radius 3 is 1.40 bits per heavy atom. The van der Waals surface area contributed by atoms with E-state index in [9.17, 15) is 9.59 Å². The van der Waals surface area contributed by atoms with Crippen molar-refractivity contribution in [2.24, 2.45) is 0 Å². The molecule has 58 valence electrons. The maximum Gasteiger partial charge on any atom is 0.432 e. The third-order valence-electron chi connectivity index (χ3n) is 0.762. The summed E-state index contributed by atoms with van der Waals surface area (Å²) in [6.45, 7) is 0. The monoisotopic (exact) mass is 148 g/mol. The topological polar surface area (TPSA) is 81.1 Å². The third-order valence-corrected chi connectivity index (χ3v) is 0.762. The molecule has 0 aromatic carbocycles. The lowest BCUT2D eigenvalue weighted by molar-refractivity contribution is 0.0362. The molecule has 0 saturated carbocycles. The highest BCUT2D eigenvalue weighted by Crippen LogP contribution is 1.91. The standard InChI is InChI=1S/C4H8N2O4/c1-5(2)6(3(7)8)4(9)10/h1-2H3,(H,7,8)(H,9,10). The van der Waals surface area contributed by atoms with Gasteiger partial charge >= 0.3 is 12.2 Å². The summed E-state index contributed by atoms with van der Waals surface area (Å²) in [5, 5.41) is 17.6. The molecule has 0 radical (unpaired) electrons. The number of amides is 2. The van der Waals surface area contributed by atoms with Crippen LogP contribution in [0.2, 0.25) is 0 Å². The largest absolute Gasteiger partial charge is 0.464 e. The minimum absolute atomic E-state index is 0.167. The van der Waals surface area contributed by atoms with Gasteiger partial charge in [0.2, 0.25) is 0 Å². The Morgan fingerprint density at radius 1 is 1.10 bits per heavy atom. The fraction of sp³-hybridized carbons (Fsp3) is 0.500. The first-order valence-corrected chi connectivity index (χ1v) is 2.40. The number of hydrazine groups is 1. The molecule has 0 aromatic rings. The molecule has 0 aliphatic carbocycles. The van der Waals surface area contributed by atoms with Crippen LogP contribution < -0.4 is 0 Å². The van der Waals surface area contributed by atoms with Crippen LogP contribution >= 0.6 is 0 Å². The van der Waals surface area contributed by atoms with Crippen LogP contribution in [0.15, 0.2) is 0 Å². The number of carboxylic acid groups (broad SMARTS) is 2. The normalized spacial score (nSPS) is 9.50. The van der Waals surface area contributed by atoms with Gasteiger partial charge in [0.15, 0.2) is 0 Å². The average Bonchev–Trinajstić information content (AvgIpc) is 1.59. The fourth-order valence-corrected chi connectivity index (χ4v) is 0.424. The summed E-state index contributed by atoms with van der Waals surface area (Å²) in [7, 11) is 2.64. The minimum atomic E-state index is -1.52. The van der Waals surface area contributed by atoms with Crippen molar-refractivity contribution >= 4 is 12.2 Å². The summed E-state index contributed by atoms with van der Waals surface area (Å²) in [4.78, 5) is 20.2. The molecule has 0 fully saturated rings. The highest BCUT2D eigenvalue weighted by atomic mass is 16.4. The molecule has 0 aliphatic rings. The molecule has 2 N–H and O–H groups in total. The third kappa shape index (κ3) is 1.90. The Labute approximate surface area is 57.2 Å². The predicted molar refractivity (Wildman–Crippen MR) is 31.6 cm³/mol. The van der Waals surface area contributed by atoms with E-state index in [1.165, 1.54) is 14.1 Å². The molecule has 6 nitrogen and oxygen atoms in total. The van der Waals surface area contributed by atoms with Crippen LogP contribution in [0.5, 0.6) is 0 Å². The van der Waals surface area contributed by atoms with Gasteiger partial charge in [-0.05, 0) is 0 Å². The van der Waals surface area contributed by atoms with Crippen LogP contribution in [0.3, 0.4) is 0 Å². The van der Waals surface area contributed by atoms with Gasteiger partial charge in [-0.1, -0.05) is 0 Å². The van der Waals surface area contributed by atoms with E-state index in [0.29, 0.717) is 0 Å². The summed E-state index contributed by atoms with van der Waals surface area (Å²) >= 11 is 0. The van der Waals surface area contributed by atoms with Crippen molar-refractivity contribution in [3.05, 3.63) is 0 Å². The lowest BCUT2D eigenvalue weighted by atomic mass is 10.9. The number of hydrogen-bond donors (Lipinski definition) is 2. The SMILES string of the molecule is CN(C)N(C(=O)O)C(=O)O. The first kappa shape index (κ1) is 8.70. The molecule has 10 heavy (non-hydrogen) atoms. The van der Waals surface area contributed by atoms with E-state index in [0.717, 1.165) is 5.01 Å². The smallest absolute Gasteiger partial charge is 0.432 e. The molecule has 0 heterocycles. The van der Waals surface area contributed by atoms with Gasteiger partial charge in [-0.2, -0.15) is 0 Å². The molecule has 0 saturated heterocycles. The Hall–Kier alpha value is -1.30. The summed E-state index contributed by atoms with van der Waals surface area (Å²) in [5.74, 6) is 0.